The fraction of sp³-hybridized carbons (Fsp3) is 0.531. The zero-order valence-electron chi connectivity index (χ0n) is 32.9. The smallest absolute Gasteiger partial charge is 0.274 e. The van der Waals surface area contributed by atoms with E-state index in [1.807, 2.05) is 0 Å². The van der Waals surface area contributed by atoms with Crippen LogP contribution in [-0.4, -0.2) is 114 Å². The number of carbonyl (C=O) groups excluding carboxylic acids is 4. The molecule has 1 aliphatic rings. The van der Waals surface area contributed by atoms with Crippen molar-refractivity contribution in [3.05, 3.63) is 48.5 Å². The first-order chi connectivity index (χ1) is 29.3. The van der Waals surface area contributed by atoms with E-state index in [4.69, 9.17) is 10.5 Å². The number of phosphoric ester groups is 3. The number of imidazole rings is 1. The molecule has 1 aliphatic heterocycles. The highest BCUT2D eigenvalue weighted by atomic mass is 32.2. The Morgan fingerprint density at radius 2 is 1.67 bits per heavy atom. The standard InChI is InChI=1S/C32H46N7O20P3S/c1-32(2,26(45)29(46)35-9-8-20(40)34-10-11-63-31(47)18(12-21(41)42)23(43)17-6-4-3-5-7-17)14-56-62(53,54)59-61(51,52)55-13-19-25(58-60(48,49)50)24(44)30(57-19)39-16-38-22-27(33)36-15-37-28(22)39/h3-7,15-16,18-19,23-26,30,43-45H,8-14H2,1-2H3,(H,34,40)(H,35,46)(H,41,42)(H,51,52)(H,53,54)(H2,33,36,37)(H2,48,49,50)/p-5/t18?,19-,23-,24-,25-,26+,30-/m1/s1. The number of aromatic nitrogens is 4. The summed E-state index contributed by atoms with van der Waals surface area (Å²) < 4.78 is 60.6. The molecular formula is C32H41N7O20P3S-5. The van der Waals surface area contributed by atoms with Crippen LogP contribution in [0.5, 0.6) is 0 Å². The van der Waals surface area contributed by atoms with Gasteiger partial charge in [-0.25, -0.2) is 19.3 Å². The maximum atomic E-state index is 12.7. The number of fused-ring (bicyclic) bond motifs is 1. The van der Waals surface area contributed by atoms with Crippen molar-refractivity contribution in [3.8, 4) is 0 Å². The summed E-state index contributed by atoms with van der Waals surface area (Å²) in [5.74, 6) is -4.66. The lowest BCUT2D eigenvalue weighted by atomic mass is 9.87. The molecule has 1 saturated heterocycles. The number of carboxylic acids is 1. The molecule has 3 unspecified atom stereocenters. The Labute approximate surface area is 361 Å². The maximum Gasteiger partial charge on any atom is 0.274 e. The maximum absolute atomic E-state index is 12.7. The van der Waals surface area contributed by atoms with E-state index in [1.165, 1.54) is 12.1 Å². The lowest BCUT2D eigenvalue weighted by Gasteiger charge is -2.36. The van der Waals surface area contributed by atoms with E-state index in [9.17, 15) is 72.9 Å². The summed E-state index contributed by atoms with van der Waals surface area (Å²) in [5.41, 5.74) is 4.29. The third-order valence-corrected chi connectivity index (χ3v) is 12.9. The number of benzene rings is 1. The number of amides is 2. The molecule has 27 nitrogen and oxygen atoms in total. The lowest BCUT2D eigenvalue weighted by Crippen LogP contribution is -2.46. The number of ether oxygens (including phenoxy) is 1. The first-order valence-electron chi connectivity index (χ1n) is 18.2. The van der Waals surface area contributed by atoms with Crippen molar-refractivity contribution in [1.82, 2.24) is 30.2 Å². The number of hydrogen-bond donors (Lipinski definition) is 6. The largest absolute Gasteiger partial charge is 0.790 e. The Bertz CT molecular complexity index is 2230. The Balaban J connectivity index is 1.21. The summed E-state index contributed by atoms with van der Waals surface area (Å²) in [6, 6.07) is 7.93. The summed E-state index contributed by atoms with van der Waals surface area (Å²) in [5, 5.41) is 47.2. The number of aliphatic hydroxyl groups is 3. The van der Waals surface area contributed by atoms with Crippen molar-refractivity contribution < 1.29 is 95.5 Å². The molecule has 9 atom stereocenters. The van der Waals surface area contributed by atoms with Gasteiger partial charge in [-0.2, -0.15) is 0 Å². The summed E-state index contributed by atoms with van der Waals surface area (Å²) in [7, 11) is -17.7. The molecule has 0 bridgehead atoms. The molecule has 350 valence electrons. The van der Waals surface area contributed by atoms with Crippen molar-refractivity contribution in [2.45, 2.75) is 63.4 Å². The van der Waals surface area contributed by atoms with Crippen LogP contribution < -0.4 is 41.0 Å². The third-order valence-electron chi connectivity index (χ3n) is 8.93. The Hall–Kier alpha value is -3.79. The summed E-state index contributed by atoms with van der Waals surface area (Å²) in [6.07, 6.45) is -10.1. The van der Waals surface area contributed by atoms with Crippen LogP contribution in [0.4, 0.5) is 5.82 Å². The highest BCUT2D eigenvalue weighted by Gasteiger charge is 2.47. The van der Waals surface area contributed by atoms with Crippen LogP contribution in [0.15, 0.2) is 43.0 Å². The van der Waals surface area contributed by atoms with Crippen molar-refractivity contribution in [3.63, 3.8) is 0 Å². The average molecular weight is 969 g/mol. The fourth-order valence-electron chi connectivity index (χ4n) is 5.75. The summed E-state index contributed by atoms with van der Waals surface area (Å²) in [4.78, 5) is 108. The third kappa shape index (κ3) is 15.1. The number of nitrogens with one attached hydrogen (secondary N) is 2. The summed E-state index contributed by atoms with van der Waals surface area (Å²) >= 11 is 0.681. The minimum Gasteiger partial charge on any atom is -0.790 e. The molecule has 3 aromatic rings. The molecule has 63 heavy (non-hydrogen) atoms. The molecule has 0 spiro atoms. The molecular weight excluding hydrogens is 927 g/mol. The van der Waals surface area contributed by atoms with Crippen LogP contribution in [0, 0.1) is 11.3 Å². The van der Waals surface area contributed by atoms with Crippen LogP contribution >= 0.6 is 35.2 Å². The van der Waals surface area contributed by atoms with Crippen LogP contribution in [0.3, 0.4) is 0 Å². The number of hydrogen-bond acceptors (Lipinski definition) is 25. The van der Waals surface area contributed by atoms with Gasteiger partial charge in [0.05, 0.1) is 39.4 Å². The van der Waals surface area contributed by atoms with Gasteiger partial charge >= 0.3 is 0 Å². The zero-order valence-corrected chi connectivity index (χ0v) is 36.4. The van der Waals surface area contributed by atoms with Gasteiger partial charge in [-0.15, -0.1) is 0 Å². The van der Waals surface area contributed by atoms with Crippen molar-refractivity contribution in [2.75, 3.05) is 37.8 Å². The number of nitrogen functional groups attached to an aromatic ring is 1. The SMILES string of the molecule is CC(C)(COP(=O)([O-])OP(=O)([O-])OC[C@H]1O[C@@H](n2cnc3c(N)ncnc32)[C@H](O)[C@@H]1OP(=O)([O-])[O-])[C@@H](O)C(=O)NCCC(=O)NCCSC(=O)C(CC(=O)[O-])[C@H](O)c1ccccc1. The van der Waals surface area contributed by atoms with Gasteiger partial charge in [-0.3, -0.25) is 28.1 Å². The first-order valence-corrected chi connectivity index (χ1v) is 23.6. The van der Waals surface area contributed by atoms with Gasteiger partial charge < -0.3 is 84.0 Å². The predicted octanol–water partition coefficient (Wildman–Crippen LogP) is -4.37. The predicted molar refractivity (Wildman–Crippen MR) is 203 cm³/mol. The molecule has 2 aromatic heterocycles. The van der Waals surface area contributed by atoms with Crippen LogP contribution in [-0.2, 0) is 55.5 Å². The number of nitrogens with two attached hydrogens (primary N) is 1. The van der Waals surface area contributed by atoms with Gasteiger partial charge in [0.15, 0.2) is 22.8 Å². The number of anilines is 1. The molecule has 2 amide bonds. The van der Waals surface area contributed by atoms with E-state index in [-0.39, 0.29) is 42.2 Å². The minimum atomic E-state index is -5.96. The number of aliphatic hydroxyl groups excluding tert-OH is 3. The zero-order chi connectivity index (χ0) is 46.9. The van der Waals surface area contributed by atoms with Crippen LogP contribution in [0.25, 0.3) is 11.2 Å². The molecule has 0 aliphatic carbocycles. The fourth-order valence-corrected chi connectivity index (χ4v) is 9.32. The number of thioether (sulfide) groups is 1. The molecule has 1 fully saturated rings. The number of carboxylic acid groups (broad SMARTS) is 1. The quantitative estimate of drug-likeness (QED) is 0.0365. The monoisotopic (exact) mass is 968 g/mol. The Kier molecular flexibility index (Phi) is 18.0. The molecule has 4 rings (SSSR count). The number of carbonyl (C=O) groups is 4. The van der Waals surface area contributed by atoms with Gasteiger partial charge in [0.2, 0.25) is 11.8 Å². The second kappa shape index (κ2) is 21.9. The van der Waals surface area contributed by atoms with Gasteiger partial charge in [0.1, 0.15) is 36.3 Å². The van der Waals surface area contributed by atoms with Crippen molar-refractivity contribution in [1.29, 1.82) is 0 Å². The van der Waals surface area contributed by atoms with Crippen molar-refractivity contribution in [2.24, 2.45) is 11.3 Å². The van der Waals surface area contributed by atoms with Gasteiger partial charge in [0.25, 0.3) is 15.6 Å². The second-order valence-electron chi connectivity index (χ2n) is 14.2. The van der Waals surface area contributed by atoms with Gasteiger partial charge in [-0.05, 0) is 5.56 Å². The summed E-state index contributed by atoms with van der Waals surface area (Å²) in [6.45, 7) is -0.448. The number of phosphoric acid groups is 3. The number of rotatable bonds is 24. The Morgan fingerprint density at radius 3 is 2.32 bits per heavy atom. The number of aliphatic carboxylic acids is 1. The highest BCUT2D eigenvalue weighted by molar-refractivity contribution is 8.13. The normalized spacial score (nSPS) is 21.5. The number of nitrogens with zero attached hydrogens (tertiary/aromatic N) is 4. The van der Waals surface area contributed by atoms with E-state index in [2.05, 4.69) is 43.5 Å². The van der Waals surface area contributed by atoms with E-state index in [0.29, 0.717) is 17.3 Å². The van der Waals surface area contributed by atoms with Crippen LogP contribution in [0.2, 0.25) is 0 Å². The van der Waals surface area contributed by atoms with E-state index < -0.39 is 114 Å². The minimum absolute atomic E-state index is 0.00193. The Morgan fingerprint density at radius 1 is 1.00 bits per heavy atom. The van der Waals surface area contributed by atoms with Gasteiger partial charge in [0, 0.05) is 43.1 Å². The average Bonchev–Trinajstić information content (AvgIpc) is 3.76. The topological polar surface area (TPSA) is 435 Å². The molecule has 0 radical (unpaired) electrons. The molecule has 7 N–H and O–H groups in total. The molecule has 31 heteroatoms. The lowest BCUT2D eigenvalue weighted by molar-refractivity contribution is -0.347. The molecule has 3 heterocycles. The van der Waals surface area contributed by atoms with E-state index >= 15 is 0 Å². The highest BCUT2D eigenvalue weighted by Crippen LogP contribution is 2.56. The second-order valence-corrected chi connectivity index (χ2v) is 19.4. The van der Waals surface area contributed by atoms with Crippen LogP contribution in [0.1, 0.15) is 44.6 Å². The van der Waals surface area contributed by atoms with E-state index in [1.54, 1.807) is 18.2 Å². The molecule has 1 aromatic carbocycles. The van der Waals surface area contributed by atoms with E-state index in [0.717, 1.165) is 31.1 Å². The van der Waals surface area contributed by atoms with Gasteiger partial charge in [-0.1, -0.05) is 55.9 Å². The molecule has 0 saturated carbocycles. The van der Waals surface area contributed by atoms with Crippen molar-refractivity contribution >= 4 is 75.1 Å². The first kappa shape index (κ1) is 51.8.